The van der Waals surface area contributed by atoms with E-state index in [0.29, 0.717) is 6.42 Å². The summed E-state index contributed by atoms with van der Waals surface area (Å²) < 4.78 is 64.6. The third-order valence-electron chi connectivity index (χ3n) is 2.58. The monoisotopic (exact) mass is 347 g/mol. The fraction of sp³-hybridized carbons (Fsp3) is 0.833. The van der Waals surface area contributed by atoms with Crippen LogP contribution in [0.15, 0.2) is 0 Å². The highest BCUT2D eigenvalue weighted by atomic mass is 32.2. The summed E-state index contributed by atoms with van der Waals surface area (Å²) in [7, 11) is -6.10. The van der Waals surface area contributed by atoms with Crippen LogP contribution in [0.3, 0.4) is 0 Å². The second-order valence-electron chi connectivity index (χ2n) is 4.29. The third kappa shape index (κ3) is 7.12. The number of unbranched alkanes of at least 4 members (excludes halogenated alkanes) is 1. The molecule has 0 aliphatic heterocycles. The summed E-state index contributed by atoms with van der Waals surface area (Å²) in [4.78, 5) is 22.0. The van der Waals surface area contributed by atoms with Gasteiger partial charge in [-0.15, -0.1) is 0 Å². The fourth-order valence-corrected chi connectivity index (χ4v) is 1.30. The molecule has 0 aliphatic rings. The molecule has 0 rings (SSSR count). The van der Waals surface area contributed by atoms with E-state index in [1.165, 1.54) is 0 Å². The van der Waals surface area contributed by atoms with Gasteiger partial charge in [-0.3, -0.25) is 4.79 Å². The van der Waals surface area contributed by atoms with Crippen LogP contribution in [-0.4, -0.2) is 43.4 Å². The maximum Gasteiger partial charge on any atom is 0.428 e. The van der Waals surface area contributed by atoms with Crippen molar-refractivity contribution in [2.75, 3.05) is 13.2 Å². The lowest BCUT2D eigenvalue weighted by Gasteiger charge is -2.17. The molecule has 0 saturated carbocycles. The maximum absolute atomic E-state index is 12.7. The number of hydrogen-bond donors (Lipinski definition) is 0. The van der Waals surface area contributed by atoms with Gasteiger partial charge in [-0.1, -0.05) is 21.3 Å². The molecule has 0 heterocycles. The second-order valence-corrected chi connectivity index (χ2v) is 5.71. The van der Waals surface area contributed by atoms with E-state index in [4.69, 9.17) is 4.74 Å². The molecule has 0 radical (unpaired) electrons. The molecule has 0 aromatic heterocycles. The molecular weight excluding hydrogens is 326 g/mol. The molecule has 0 saturated heterocycles. The molecule has 1 unspecified atom stereocenters. The van der Waals surface area contributed by atoms with Crippen molar-refractivity contribution in [2.24, 2.45) is 5.92 Å². The number of alkyl halides is 2. The highest BCUT2D eigenvalue weighted by Gasteiger charge is 2.48. The minimum atomic E-state index is -6.10. The van der Waals surface area contributed by atoms with Gasteiger partial charge in [-0.2, -0.15) is 8.78 Å². The molecule has 0 spiro atoms. The molecule has 7 nitrogen and oxygen atoms in total. The van der Waals surface area contributed by atoms with Crippen LogP contribution in [-0.2, 0) is 29.2 Å². The molecule has 0 fully saturated rings. The summed E-state index contributed by atoms with van der Waals surface area (Å²) in [6, 6.07) is 0. The van der Waals surface area contributed by atoms with Crippen LogP contribution in [0.25, 0.3) is 0 Å². The lowest BCUT2D eigenvalue weighted by atomic mass is 10.1. The Hall–Kier alpha value is -1.29. The van der Waals surface area contributed by atoms with Gasteiger partial charge in [0, 0.05) is 0 Å². The van der Waals surface area contributed by atoms with Crippen molar-refractivity contribution in [3.8, 4) is 0 Å². The van der Waals surface area contributed by atoms with E-state index < -0.39 is 33.9 Å². The fourth-order valence-electron chi connectivity index (χ4n) is 1.04. The Balaban J connectivity index is 0. The molecule has 22 heavy (non-hydrogen) atoms. The van der Waals surface area contributed by atoms with Crippen LogP contribution in [0.4, 0.5) is 8.78 Å². The molecule has 10 heteroatoms. The molecule has 1 atom stereocenters. The summed E-state index contributed by atoms with van der Waals surface area (Å²) >= 11 is 0. The lowest BCUT2D eigenvalue weighted by Crippen LogP contribution is -2.39. The van der Waals surface area contributed by atoms with Crippen molar-refractivity contribution in [2.45, 2.75) is 45.8 Å². The first-order chi connectivity index (χ1) is 9.54. The smallest absolute Gasteiger partial charge is 0.428 e. The molecule has 0 aromatic rings. The van der Waals surface area contributed by atoms with Crippen LogP contribution in [0.5, 0.6) is 0 Å². The molecule has 0 amide bonds. The standard InChI is InChI=1S/C11H18F2O7S.CH4/c1-3-8(2)9(14)19-6-4-5-7-20-10(15)11(12,13)21(16,17)18;/h8H,3-7H2,1-2H3,(H,16,17,18);1H4/p-1. The molecule has 0 N–H and O–H groups in total. The quantitative estimate of drug-likeness (QED) is 0.354. The highest BCUT2D eigenvalue weighted by molar-refractivity contribution is 7.87. The number of ether oxygens (including phenoxy) is 2. The van der Waals surface area contributed by atoms with Gasteiger partial charge in [0.25, 0.3) is 0 Å². The molecular formula is C12H21F2O7S-. The van der Waals surface area contributed by atoms with Crippen molar-refractivity contribution in [3.63, 3.8) is 0 Å². The van der Waals surface area contributed by atoms with E-state index in [1.54, 1.807) is 6.92 Å². The van der Waals surface area contributed by atoms with E-state index in [1.807, 2.05) is 6.92 Å². The predicted molar refractivity (Wildman–Crippen MR) is 72.0 cm³/mol. The maximum atomic E-state index is 12.7. The summed E-state index contributed by atoms with van der Waals surface area (Å²) in [5.41, 5.74) is 0. The number of halogens is 2. The number of rotatable bonds is 9. The van der Waals surface area contributed by atoms with Gasteiger partial charge in [0.2, 0.25) is 0 Å². The molecule has 0 aromatic carbocycles. The van der Waals surface area contributed by atoms with Crippen molar-refractivity contribution >= 4 is 22.1 Å². The third-order valence-corrected chi connectivity index (χ3v) is 3.38. The van der Waals surface area contributed by atoms with E-state index in [0.717, 1.165) is 0 Å². The van der Waals surface area contributed by atoms with Gasteiger partial charge in [-0.25, -0.2) is 13.2 Å². The first-order valence-corrected chi connectivity index (χ1v) is 7.62. The number of carbonyl (C=O) groups is 2. The number of hydrogen-bond acceptors (Lipinski definition) is 7. The largest absolute Gasteiger partial charge is 0.743 e. The highest BCUT2D eigenvalue weighted by Crippen LogP contribution is 2.22. The van der Waals surface area contributed by atoms with Crippen LogP contribution >= 0.6 is 0 Å². The Morgan fingerprint density at radius 2 is 1.64 bits per heavy atom. The van der Waals surface area contributed by atoms with E-state index in [2.05, 4.69) is 4.74 Å². The Kier molecular flexibility index (Phi) is 10.1. The Labute approximate surface area is 128 Å². The zero-order chi connectivity index (χ0) is 16.7. The zero-order valence-electron chi connectivity index (χ0n) is 11.6. The number of esters is 2. The Bertz CT molecular complexity index is 462. The van der Waals surface area contributed by atoms with Gasteiger partial charge in [0.1, 0.15) is 0 Å². The van der Waals surface area contributed by atoms with E-state index in [-0.39, 0.29) is 32.8 Å². The summed E-state index contributed by atoms with van der Waals surface area (Å²) in [6.07, 6.45) is 0.939. The first kappa shape index (κ1) is 23.0. The Morgan fingerprint density at radius 3 is 2.05 bits per heavy atom. The predicted octanol–water partition coefficient (Wildman–Crippen LogP) is 1.67. The molecule has 0 aliphatic carbocycles. The van der Waals surface area contributed by atoms with Crippen LogP contribution in [0, 0.1) is 5.92 Å². The van der Waals surface area contributed by atoms with Crippen LogP contribution in [0.2, 0.25) is 0 Å². The van der Waals surface area contributed by atoms with E-state index in [9.17, 15) is 31.3 Å². The Morgan fingerprint density at radius 1 is 1.18 bits per heavy atom. The zero-order valence-corrected chi connectivity index (χ0v) is 12.5. The minimum Gasteiger partial charge on any atom is -0.743 e. The average molecular weight is 347 g/mol. The van der Waals surface area contributed by atoms with Gasteiger partial charge in [-0.05, 0) is 19.3 Å². The topological polar surface area (TPSA) is 110 Å². The van der Waals surface area contributed by atoms with Crippen LogP contribution < -0.4 is 0 Å². The van der Waals surface area contributed by atoms with E-state index >= 15 is 0 Å². The molecule has 132 valence electrons. The first-order valence-electron chi connectivity index (χ1n) is 6.21. The van der Waals surface area contributed by atoms with Gasteiger partial charge in [0.05, 0.1) is 19.1 Å². The van der Waals surface area contributed by atoms with Crippen molar-refractivity contribution in [1.82, 2.24) is 0 Å². The van der Waals surface area contributed by atoms with Crippen LogP contribution in [0.1, 0.15) is 40.5 Å². The summed E-state index contributed by atoms with van der Waals surface area (Å²) in [5.74, 6) is -3.05. The van der Waals surface area contributed by atoms with Crippen molar-refractivity contribution < 1.29 is 40.8 Å². The lowest BCUT2D eigenvalue weighted by molar-refractivity contribution is -0.162. The normalized spacial score (nSPS) is 13.0. The summed E-state index contributed by atoms with van der Waals surface area (Å²) in [5, 5.41) is -5.10. The molecule has 0 bridgehead atoms. The average Bonchev–Trinajstić information content (AvgIpc) is 2.39. The minimum absolute atomic E-state index is 0. The van der Waals surface area contributed by atoms with Gasteiger partial charge < -0.3 is 14.0 Å². The number of carbonyl (C=O) groups excluding carboxylic acids is 2. The van der Waals surface area contributed by atoms with Crippen molar-refractivity contribution in [1.29, 1.82) is 0 Å². The van der Waals surface area contributed by atoms with Crippen molar-refractivity contribution in [3.05, 3.63) is 0 Å². The summed E-state index contributed by atoms with van der Waals surface area (Å²) in [6.45, 7) is 3.02. The van der Waals surface area contributed by atoms with Gasteiger partial charge >= 0.3 is 17.2 Å². The van der Waals surface area contributed by atoms with Gasteiger partial charge in [0.15, 0.2) is 10.1 Å². The SMILES string of the molecule is C.CCC(C)C(=O)OCCCCOC(=O)C(F)(F)S(=O)(=O)[O-]. The second kappa shape index (κ2) is 9.67.